The van der Waals surface area contributed by atoms with Gasteiger partial charge in [0.1, 0.15) is 9.77 Å². The Morgan fingerprint density at radius 1 is 1.61 bits per heavy atom. The number of sulfonamides is 1. The first-order chi connectivity index (χ1) is 7.92. The Kier molecular flexibility index (Phi) is 6.79. The molecule has 0 saturated heterocycles. The maximum atomic E-state index is 11.9. The molecule has 0 aliphatic rings. The van der Waals surface area contributed by atoms with E-state index in [1.165, 1.54) is 18.6 Å². The SMILES string of the molecule is COC(=O)c1sccc1S(=O)(=O)N[C@H](C)CN.Cl. The lowest BCUT2D eigenvalue weighted by Gasteiger charge is -2.11. The van der Waals surface area contributed by atoms with Gasteiger partial charge in [0.15, 0.2) is 0 Å². The Morgan fingerprint density at radius 3 is 2.72 bits per heavy atom. The molecule has 9 heteroatoms. The first-order valence-electron chi connectivity index (χ1n) is 4.80. The molecular formula is C9H15ClN2O4S2. The number of nitrogens with one attached hydrogen (secondary N) is 1. The van der Waals surface area contributed by atoms with E-state index in [-0.39, 0.29) is 28.7 Å². The number of ether oxygens (including phenoxy) is 1. The second-order valence-electron chi connectivity index (χ2n) is 3.36. The number of carbonyl (C=O) groups excluding carboxylic acids is 1. The highest BCUT2D eigenvalue weighted by molar-refractivity contribution is 7.89. The Bertz CT molecular complexity index is 500. The van der Waals surface area contributed by atoms with Crippen molar-refractivity contribution < 1.29 is 17.9 Å². The van der Waals surface area contributed by atoms with E-state index in [1.807, 2.05) is 0 Å². The third-order valence-corrected chi connectivity index (χ3v) is 4.65. The summed E-state index contributed by atoms with van der Waals surface area (Å²) in [6.07, 6.45) is 0. The number of carbonyl (C=O) groups is 1. The van der Waals surface area contributed by atoms with Gasteiger partial charge in [0, 0.05) is 12.6 Å². The molecule has 3 N–H and O–H groups in total. The normalized spacial score (nSPS) is 12.6. The molecule has 1 rings (SSSR count). The van der Waals surface area contributed by atoms with Gasteiger partial charge < -0.3 is 10.5 Å². The zero-order valence-electron chi connectivity index (χ0n) is 9.87. The number of thiophene rings is 1. The van der Waals surface area contributed by atoms with Crippen LogP contribution in [-0.2, 0) is 14.8 Å². The van der Waals surface area contributed by atoms with Crippen LogP contribution in [0, 0.1) is 0 Å². The second kappa shape index (κ2) is 7.05. The van der Waals surface area contributed by atoms with Gasteiger partial charge in [-0.25, -0.2) is 17.9 Å². The number of hydrogen-bond donors (Lipinski definition) is 2. The number of rotatable bonds is 5. The first-order valence-corrected chi connectivity index (χ1v) is 7.17. The van der Waals surface area contributed by atoms with Gasteiger partial charge in [-0.15, -0.1) is 23.7 Å². The van der Waals surface area contributed by atoms with Gasteiger partial charge in [0.05, 0.1) is 7.11 Å². The zero-order valence-corrected chi connectivity index (χ0v) is 12.3. The van der Waals surface area contributed by atoms with Crippen molar-refractivity contribution in [1.82, 2.24) is 4.72 Å². The van der Waals surface area contributed by atoms with E-state index in [0.29, 0.717) is 0 Å². The summed E-state index contributed by atoms with van der Waals surface area (Å²) in [6, 6.07) is 0.966. The molecule has 0 bridgehead atoms. The predicted octanol–water partition coefficient (Wildman–Crippen LogP) is 0.582. The van der Waals surface area contributed by atoms with Gasteiger partial charge in [-0.3, -0.25) is 0 Å². The average Bonchev–Trinajstić information content (AvgIpc) is 2.76. The van der Waals surface area contributed by atoms with Gasteiger partial charge in [-0.05, 0) is 18.4 Å². The van der Waals surface area contributed by atoms with Crippen LogP contribution in [0.1, 0.15) is 16.6 Å². The van der Waals surface area contributed by atoms with Crippen LogP contribution in [0.3, 0.4) is 0 Å². The molecule has 1 atom stereocenters. The third-order valence-electron chi connectivity index (χ3n) is 2.00. The molecule has 0 unspecified atom stereocenters. The topological polar surface area (TPSA) is 98.5 Å². The summed E-state index contributed by atoms with van der Waals surface area (Å²) in [5.74, 6) is -0.666. The fourth-order valence-electron chi connectivity index (χ4n) is 1.13. The highest BCUT2D eigenvalue weighted by atomic mass is 35.5. The van der Waals surface area contributed by atoms with E-state index in [1.54, 1.807) is 6.92 Å². The van der Waals surface area contributed by atoms with Crippen LogP contribution in [0.2, 0.25) is 0 Å². The molecule has 6 nitrogen and oxygen atoms in total. The fourth-order valence-corrected chi connectivity index (χ4v) is 3.72. The minimum atomic E-state index is -3.73. The van der Waals surface area contributed by atoms with Crippen molar-refractivity contribution >= 4 is 39.7 Å². The minimum absolute atomic E-state index is 0. The van der Waals surface area contributed by atoms with E-state index in [2.05, 4.69) is 9.46 Å². The van der Waals surface area contributed by atoms with Gasteiger partial charge in [-0.2, -0.15) is 0 Å². The van der Waals surface area contributed by atoms with Crippen LogP contribution in [0.5, 0.6) is 0 Å². The zero-order chi connectivity index (χ0) is 13.1. The van der Waals surface area contributed by atoms with Crippen molar-refractivity contribution in [3.8, 4) is 0 Å². The van der Waals surface area contributed by atoms with E-state index in [9.17, 15) is 13.2 Å². The van der Waals surface area contributed by atoms with Gasteiger partial charge >= 0.3 is 5.97 Å². The van der Waals surface area contributed by atoms with Crippen molar-refractivity contribution in [2.45, 2.75) is 17.9 Å². The van der Waals surface area contributed by atoms with Crippen LogP contribution < -0.4 is 10.5 Å². The average molecular weight is 315 g/mol. The van der Waals surface area contributed by atoms with Crippen LogP contribution in [0.15, 0.2) is 16.3 Å². The molecule has 0 amide bonds. The van der Waals surface area contributed by atoms with Crippen LogP contribution in [0.4, 0.5) is 0 Å². The maximum absolute atomic E-state index is 11.9. The van der Waals surface area contributed by atoms with Gasteiger partial charge in [-0.1, -0.05) is 0 Å². The Labute approximate surface area is 116 Å². The largest absolute Gasteiger partial charge is 0.465 e. The Hall–Kier alpha value is -0.670. The van der Waals surface area contributed by atoms with E-state index in [4.69, 9.17) is 5.73 Å². The maximum Gasteiger partial charge on any atom is 0.349 e. The third kappa shape index (κ3) is 3.92. The molecular weight excluding hydrogens is 300 g/mol. The van der Waals surface area contributed by atoms with Crippen molar-refractivity contribution in [2.75, 3.05) is 13.7 Å². The summed E-state index contributed by atoms with van der Waals surface area (Å²) in [7, 11) is -2.53. The molecule has 0 aliphatic carbocycles. The summed E-state index contributed by atoms with van der Waals surface area (Å²) >= 11 is 1.02. The van der Waals surface area contributed by atoms with E-state index >= 15 is 0 Å². The highest BCUT2D eigenvalue weighted by Gasteiger charge is 2.25. The monoisotopic (exact) mass is 314 g/mol. The lowest BCUT2D eigenvalue weighted by molar-refractivity contribution is 0.0602. The summed E-state index contributed by atoms with van der Waals surface area (Å²) in [5, 5.41) is 1.52. The van der Waals surface area contributed by atoms with Gasteiger partial charge in [0.2, 0.25) is 10.0 Å². The first kappa shape index (κ1) is 17.3. The molecule has 0 radical (unpaired) electrons. The van der Waals surface area contributed by atoms with Crippen LogP contribution in [0.25, 0.3) is 0 Å². The van der Waals surface area contributed by atoms with Crippen molar-refractivity contribution in [1.29, 1.82) is 0 Å². The van der Waals surface area contributed by atoms with Crippen LogP contribution >= 0.6 is 23.7 Å². The molecule has 104 valence electrons. The molecule has 0 fully saturated rings. The quantitative estimate of drug-likeness (QED) is 0.775. The molecule has 1 heterocycles. The molecule has 0 aromatic carbocycles. The number of nitrogens with two attached hydrogens (primary N) is 1. The Balaban J connectivity index is 0.00000289. The summed E-state index contributed by atoms with van der Waals surface area (Å²) in [5.41, 5.74) is 5.34. The highest BCUT2D eigenvalue weighted by Crippen LogP contribution is 2.22. The Morgan fingerprint density at radius 2 is 2.22 bits per heavy atom. The molecule has 0 saturated carbocycles. The van der Waals surface area contributed by atoms with Gasteiger partial charge in [0.25, 0.3) is 0 Å². The number of hydrogen-bond acceptors (Lipinski definition) is 6. The standard InChI is InChI=1S/C9H14N2O4S2.ClH/c1-6(5-10)11-17(13,14)7-3-4-16-8(7)9(12)15-2;/h3-4,6,11H,5,10H2,1-2H3;1H/t6-;/m1./s1. The van der Waals surface area contributed by atoms with Crippen LogP contribution in [-0.4, -0.2) is 34.1 Å². The van der Waals surface area contributed by atoms with Crippen molar-refractivity contribution in [2.24, 2.45) is 5.73 Å². The lowest BCUT2D eigenvalue weighted by Crippen LogP contribution is -2.38. The molecule has 18 heavy (non-hydrogen) atoms. The summed E-state index contributed by atoms with van der Waals surface area (Å²) < 4.78 is 30.8. The summed E-state index contributed by atoms with van der Waals surface area (Å²) in [6.45, 7) is 1.82. The lowest BCUT2D eigenvalue weighted by atomic mass is 10.4. The number of esters is 1. The van der Waals surface area contributed by atoms with E-state index in [0.717, 1.165) is 11.3 Å². The van der Waals surface area contributed by atoms with E-state index < -0.39 is 22.0 Å². The molecule has 0 aliphatic heterocycles. The van der Waals surface area contributed by atoms with Crippen molar-refractivity contribution in [3.63, 3.8) is 0 Å². The van der Waals surface area contributed by atoms with Crippen molar-refractivity contribution in [3.05, 3.63) is 16.3 Å². The second-order valence-corrected chi connectivity index (χ2v) is 5.96. The number of methoxy groups -OCH3 is 1. The summed E-state index contributed by atoms with van der Waals surface area (Å²) in [4.78, 5) is 11.4. The molecule has 1 aromatic rings. The molecule has 0 spiro atoms. The minimum Gasteiger partial charge on any atom is -0.465 e. The molecule has 1 aromatic heterocycles. The predicted molar refractivity (Wildman–Crippen MR) is 71.7 cm³/mol. The smallest absolute Gasteiger partial charge is 0.349 e. The number of halogens is 1. The fraction of sp³-hybridized carbons (Fsp3) is 0.444.